The molecule has 0 aliphatic rings. The quantitative estimate of drug-likeness (QED) is 0.899. The Morgan fingerprint density at radius 2 is 1.75 bits per heavy atom. The van der Waals surface area contributed by atoms with Gasteiger partial charge in [-0.1, -0.05) is 5.16 Å². The van der Waals surface area contributed by atoms with E-state index in [1.54, 1.807) is 20.3 Å². The summed E-state index contributed by atoms with van der Waals surface area (Å²) in [5.74, 6) is 2.34. The first-order valence-corrected chi connectivity index (χ1v) is 6.28. The Bertz CT molecular complexity index is 571. The molecule has 6 nitrogen and oxygen atoms in total. The number of methoxy groups -OCH3 is 2. The van der Waals surface area contributed by atoms with Crippen molar-refractivity contribution < 1.29 is 14.0 Å². The molecule has 1 heterocycles. The maximum Gasteiger partial charge on any atom is 0.233 e. The van der Waals surface area contributed by atoms with Gasteiger partial charge in [0.2, 0.25) is 11.7 Å². The van der Waals surface area contributed by atoms with Crippen LogP contribution < -0.4 is 15.2 Å². The third kappa shape index (κ3) is 2.75. The molecule has 1 aromatic carbocycles. The fraction of sp³-hybridized carbons (Fsp3) is 0.429. The average Bonchev–Trinajstić information content (AvgIpc) is 2.97. The lowest BCUT2D eigenvalue weighted by molar-refractivity contribution is 0.311. The second-order valence-corrected chi connectivity index (χ2v) is 5.11. The van der Waals surface area contributed by atoms with Crippen LogP contribution in [0.5, 0.6) is 11.5 Å². The number of nitrogens with two attached hydrogens (primary N) is 1. The summed E-state index contributed by atoms with van der Waals surface area (Å²) in [5.41, 5.74) is 6.12. The molecule has 0 aliphatic carbocycles. The first-order valence-electron chi connectivity index (χ1n) is 6.28. The molecule has 108 valence electrons. The van der Waals surface area contributed by atoms with Crippen LogP contribution in [0.3, 0.4) is 0 Å². The number of benzene rings is 1. The molecule has 2 N–H and O–H groups in total. The van der Waals surface area contributed by atoms with Gasteiger partial charge in [-0.05, 0) is 26.0 Å². The normalized spacial score (nSPS) is 11.4. The summed E-state index contributed by atoms with van der Waals surface area (Å²) in [5, 5.41) is 4.00. The molecule has 0 amide bonds. The van der Waals surface area contributed by atoms with Crippen LogP contribution in [-0.4, -0.2) is 30.9 Å². The predicted octanol–water partition coefficient (Wildman–Crippen LogP) is 1.99. The van der Waals surface area contributed by atoms with Gasteiger partial charge in [0.1, 0.15) is 11.5 Å². The van der Waals surface area contributed by atoms with Crippen molar-refractivity contribution >= 4 is 0 Å². The van der Waals surface area contributed by atoms with Gasteiger partial charge in [-0.3, -0.25) is 0 Å². The Labute approximate surface area is 117 Å². The van der Waals surface area contributed by atoms with E-state index >= 15 is 0 Å². The molecule has 0 unspecified atom stereocenters. The number of aromatic nitrogens is 2. The van der Waals surface area contributed by atoms with Crippen LogP contribution in [0.2, 0.25) is 0 Å². The lowest BCUT2D eigenvalue weighted by Gasteiger charge is -2.15. The summed E-state index contributed by atoms with van der Waals surface area (Å²) in [6.45, 7) is 4.34. The molecule has 2 rings (SSSR count). The van der Waals surface area contributed by atoms with E-state index in [9.17, 15) is 0 Å². The van der Waals surface area contributed by atoms with E-state index in [2.05, 4.69) is 10.1 Å². The zero-order valence-corrected chi connectivity index (χ0v) is 12.1. The molecular weight excluding hydrogens is 258 g/mol. The molecule has 2 aromatic rings. The van der Waals surface area contributed by atoms with Gasteiger partial charge in [0.15, 0.2) is 0 Å². The zero-order chi connectivity index (χ0) is 14.8. The highest BCUT2D eigenvalue weighted by Crippen LogP contribution is 2.29. The van der Waals surface area contributed by atoms with Crippen LogP contribution in [0.15, 0.2) is 22.7 Å². The molecule has 0 bridgehead atoms. The van der Waals surface area contributed by atoms with Gasteiger partial charge in [0, 0.05) is 18.2 Å². The second-order valence-electron chi connectivity index (χ2n) is 5.11. The highest BCUT2D eigenvalue weighted by Gasteiger charge is 2.26. The van der Waals surface area contributed by atoms with E-state index < -0.39 is 0 Å². The van der Waals surface area contributed by atoms with Crippen molar-refractivity contribution in [3.8, 4) is 22.9 Å². The Morgan fingerprint density at radius 1 is 1.15 bits per heavy atom. The summed E-state index contributed by atoms with van der Waals surface area (Å²) in [6.07, 6.45) is 0. The highest BCUT2D eigenvalue weighted by atomic mass is 16.5. The summed E-state index contributed by atoms with van der Waals surface area (Å²) in [4.78, 5) is 4.40. The van der Waals surface area contributed by atoms with E-state index in [0.29, 0.717) is 29.8 Å². The highest BCUT2D eigenvalue weighted by molar-refractivity contribution is 5.60. The zero-order valence-electron chi connectivity index (χ0n) is 12.1. The SMILES string of the molecule is COc1cc(OC)cc(-c2noc(C(C)(C)CN)n2)c1. The summed E-state index contributed by atoms with van der Waals surface area (Å²) >= 11 is 0. The Morgan fingerprint density at radius 3 is 2.25 bits per heavy atom. The monoisotopic (exact) mass is 277 g/mol. The van der Waals surface area contributed by atoms with Gasteiger partial charge in [-0.2, -0.15) is 4.98 Å². The molecule has 6 heteroatoms. The topological polar surface area (TPSA) is 83.4 Å². The van der Waals surface area contributed by atoms with E-state index in [-0.39, 0.29) is 5.41 Å². The van der Waals surface area contributed by atoms with E-state index in [0.717, 1.165) is 5.56 Å². The van der Waals surface area contributed by atoms with Gasteiger partial charge in [0.05, 0.1) is 19.6 Å². The van der Waals surface area contributed by atoms with Gasteiger partial charge in [0.25, 0.3) is 0 Å². The fourth-order valence-corrected chi connectivity index (χ4v) is 1.64. The van der Waals surface area contributed by atoms with Crippen LogP contribution in [-0.2, 0) is 5.41 Å². The minimum Gasteiger partial charge on any atom is -0.497 e. The minimum atomic E-state index is -0.353. The van der Waals surface area contributed by atoms with Gasteiger partial charge >= 0.3 is 0 Å². The second kappa shape index (κ2) is 5.50. The average molecular weight is 277 g/mol. The number of rotatable bonds is 5. The van der Waals surface area contributed by atoms with E-state index in [4.69, 9.17) is 19.7 Å². The van der Waals surface area contributed by atoms with Crippen LogP contribution in [0, 0.1) is 0 Å². The summed E-state index contributed by atoms with van der Waals surface area (Å²) < 4.78 is 15.8. The molecule has 0 fully saturated rings. The predicted molar refractivity (Wildman–Crippen MR) is 74.9 cm³/mol. The first-order chi connectivity index (χ1) is 9.50. The Hall–Kier alpha value is -2.08. The van der Waals surface area contributed by atoms with Crippen molar-refractivity contribution in [3.63, 3.8) is 0 Å². The minimum absolute atomic E-state index is 0.353. The van der Waals surface area contributed by atoms with Crippen molar-refractivity contribution in [3.05, 3.63) is 24.1 Å². The largest absolute Gasteiger partial charge is 0.497 e. The molecule has 0 saturated carbocycles. The molecular formula is C14H19N3O3. The van der Waals surface area contributed by atoms with Crippen LogP contribution in [0.4, 0.5) is 0 Å². The standard InChI is InChI=1S/C14H19N3O3/c1-14(2,8-15)13-16-12(17-20-13)9-5-10(18-3)7-11(6-9)19-4/h5-7H,8,15H2,1-4H3. The van der Waals surface area contributed by atoms with Crippen molar-refractivity contribution in [2.75, 3.05) is 20.8 Å². The number of hydrogen-bond donors (Lipinski definition) is 1. The van der Waals surface area contributed by atoms with Gasteiger partial charge in [-0.25, -0.2) is 0 Å². The van der Waals surface area contributed by atoms with E-state index in [1.165, 1.54) is 0 Å². The lowest BCUT2D eigenvalue weighted by atomic mass is 9.94. The van der Waals surface area contributed by atoms with Crippen LogP contribution in [0.1, 0.15) is 19.7 Å². The molecule has 0 radical (unpaired) electrons. The van der Waals surface area contributed by atoms with Gasteiger partial charge in [-0.15, -0.1) is 0 Å². The molecule has 0 spiro atoms. The molecule has 0 atom stereocenters. The van der Waals surface area contributed by atoms with Crippen molar-refractivity contribution in [1.29, 1.82) is 0 Å². The molecule has 0 saturated heterocycles. The lowest BCUT2D eigenvalue weighted by Crippen LogP contribution is -2.28. The maximum atomic E-state index is 5.71. The third-order valence-corrected chi connectivity index (χ3v) is 3.12. The van der Waals surface area contributed by atoms with Crippen molar-refractivity contribution in [2.45, 2.75) is 19.3 Å². The molecule has 0 aliphatic heterocycles. The maximum absolute atomic E-state index is 5.71. The first kappa shape index (κ1) is 14.3. The van der Waals surface area contributed by atoms with Crippen LogP contribution in [0.25, 0.3) is 11.4 Å². The molecule has 20 heavy (non-hydrogen) atoms. The smallest absolute Gasteiger partial charge is 0.233 e. The summed E-state index contributed by atoms with van der Waals surface area (Å²) in [6, 6.07) is 5.44. The van der Waals surface area contributed by atoms with Crippen LogP contribution >= 0.6 is 0 Å². The number of nitrogens with zero attached hydrogens (tertiary/aromatic N) is 2. The van der Waals surface area contributed by atoms with Gasteiger partial charge < -0.3 is 19.7 Å². The van der Waals surface area contributed by atoms with E-state index in [1.807, 2.05) is 26.0 Å². The van der Waals surface area contributed by atoms with Crippen molar-refractivity contribution in [2.24, 2.45) is 5.73 Å². The summed E-state index contributed by atoms with van der Waals surface area (Å²) in [7, 11) is 3.19. The number of ether oxygens (including phenoxy) is 2. The third-order valence-electron chi connectivity index (χ3n) is 3.12. The number of hydrogen-bond acceptors (Lipinski definition) is 6. The fourth-order valence-electron chi connectivity index (χ4n) is 1.64. The molecule has 1 aromatic heterocycles. The Kier molecular flexibility index (Phi) is 3.94. The Balaban J connectivity index is 2.42. The van der Waals surface area contributed by atoms with Crippen molar-refractivity contribution in [1.82, 2.24) is 10.1 Å².